The highest BCUT2D eigenvalue weighted by Gasteiger charge is 2.13. The summed E-state index contributed by atoms with van der Waals surface area (Å²) in [5, 5.41) is 10.7. The second-order valence-corrected chi connectivity index (χ2v) is 6.62. The first-order valence-corrected chi connectivity index (χ1v) is 9.07. The Morgan fingerprint density at radius 3 is 2.69 bits per heavy atom. The largest absolute Gasteiger partial charge is 0.497 e. The van der Waals surface area contributed by atoms with Crippen LogP contribution in [-0.2, 0) is 13.5 Å². The van der Waals surface area contributed by atoms with E-state index in [9.17, 15) is 0 Å². The van der Waals surface area contributed by atoms with Gasteiger partial charge in [0.1, 0.15) is 34.9 Å². The van der Waals surface area contributed by atoms with Gasteiger partial charge in [0, 0.05) is 31.0 Å². The Morgan fingerprint density at radius 1 is 1.12 bits per heavy atom. The second kappa shape index (κ2) is 7.09. The summed E-state index contributed by atoms with van der Waals surface area (Å²) in [6, 6.07) is 8.03. The number of hydrogen-bond acceptors (Lipinski definition) is 7. The van der Waals surface area contributed by atoms with E-state index in [4.69, 9.17) is 4.74 Å². The number of nitrogens with one attached hydrogen (secondary N) is 1. The number of anilines is 1. The zero-order valence-corrected chi connectivity index (χ0v) is 15.3. The van der Waals surface area contributed by atoms with Gasteiger partial charge in [-0.25, -0.2) is 15.0 Å². The van der Waals surface area contributed by atoms with Crippen LogP contribution in [0.1, 0.15) is 5.82 Å². The number of methoxy groups -OCH3 is 1. The number of ether oxygens (including phenoxy) is 1. The summed E-state index contributed by atoms with van der Waals surface area (Å²) in [6.07, 6.45) is 3.93. The van der Waals surface area contributed by atoms with Gasteiger partial charge < -0.3 is 10.1 Å². The molecule has 0 radical (unpaired) electrons. The standard InChI is InChI=1S/C18H18N6OS/c1-24-15(20-11-23-24)7-8-19-17-16-14(9-26-18(16)22-10-21-17)12-3-5-13(25-2)6-4-12/h3-6,9-11H,7-8H2,1-2H3,(H,19,21,22). The van der Waals surface area contributed by atoms with Gasteiger partial charge in [0.25, 0.3) is 0 Å². The minimum atomic E-state index is 0.719. The zero-order chi connectivity index (χ0) is 17.9. The molecule has 0 atom stereocenters. The fraction of sp³-hybridized carbons (Fsp3) is 0.222. The quantitative estimate of drug-likeness (QED) is 0.565. The van der Waals surface area contributed by atoms with Crippen LogP contribution in [0.25, 0.3) is 21.3 Å². The van der Waals surface area contributed by atoms with Crippen LogP contribution >= 0.6 is 11.3 Å². The van der Waals surface area contributed by atoms with Gasteiger partial charge in [-0.3, -0.25) is 4.68 Å². The average molecular weight is 366 g/mol. The summed E-state index contributed by atoms with van der Waals surface area (Å²) >= 11 is 1.62. The minimum absolute atomic E-state index is 0.719. The number of aryl methyl sites for hydroxylation is 1. The predicted octanol–water partition coefficient (Wildman–Crippen LogP) is 3.15. The lowest BCUT2D eigenvalue weighted by atomic mass is 10.1. The van der Waals surface area contributed by atoms with Gasteiger partial charge in [-0.2, -0.15) is 5.10 Å². The molecule has 3 heterocycles. The summed E-state index contributed by atoms with van der Waals surface area (Å²) in [6.45, 7) is 0.719. The van der Waals surface area contributed by atoms with Gasteiger partial charge in [0.15, 0.2) is 0 Å². The Hall–Kier alpha value is -3.00. The van der Waals surface area contributed by atoms with E-state index >= 15 is 0 Å². The molecular formula is C18H18N6OS. The maximum Gasteiger partial charge on any atom is 0.138 e. The molecule has 0 spiro atoms. The predicted molar refractivity (Wildman–Crippen MR) is 103 cm³/mol. The topological polar surface area (TPSA) is 77.8 Å². The van der Waals surface area contributed by atoms with Gasteiger partial charge in [-0.15, -0.1) is 11.3 Å². The molecule has 3 aromatic heterocycles. The number of benzene rings is 1. The third-order valence-electron chi connectivity index (χ3n) is 4.22. The van der Waals surface area contributed by atoms with Crippen molar-refractivity contribution in [2.24, 2.45) is 7.05 Å². The van der Waals surface area contributed by atoms with Gasteiger partial charge in [-0.1, -0.05) is 12.1 Å². The number of nitrogens with zero attached hydrogens (tertiary/aromatic N) is 5. The van der Waals surface area contributed by atoms with E-state index in [0.717, 1.165) is 51.7 Å². The Balaban J connectivity index is 1.62. The van der Waals surface area contributed by atoms with Crippen LogP contribution in [0.3, 0.4) is 0 Å². The molecule has 4 rings (SSSR count). The monoisotopic (exact) mass is 366 g/mol. The third-order valence-corrected chi connectivity index (χ3v) is 5.10. The molecule has 0 unspecified atom stereocenters. The Morgan fingerprint density at radius 2 is 1.96 bits per heavy atom. The maximum absolute atomic E-state index is 5.25. The van der Waals surface area contributed by atoms with Crippen molar-refractivity contribution in [2.75, 3.05) is 19.0 Å². The van der Waals surface area contributed by atoms with Gasteiger partial charge >= 0.3 is 0 Å². The van der Waals surface area contributed by atoms with Crippen LogP contribution in [0.5, 0.6) is 5.75 Å². The smallest absolute Gasteiger partial charge is 0.138 e. The molecule has 0 aliphatic carbocycles. The summed E-state index contributed by atoms with van der Waals surface area (Å²) in [5.74, 6) is 2.61. The van der Waals surface area contributed by atoms with Crippen molar-refractivity contribution >= 4 is 27.4 Å². The summed E-state index contributed by atoms with van der Waals surface area (Å²) in [5.41, 5.74) is 2.23. The lowest BCUT2D eigenvalue weighted by Gasteiger charge is -2.08. The van der Waals surface area contributed by atoms with Crippen molar-refractivity contribution in [1.82, 2.24) is 24.7 Å². The molecule has 0 fully saturated rings. The molecule has 1 N–H and O–H groups in total. The third kappa shape index (κ3) is 3.11. The highest BCUT2D eigenvalue weighted by molar-refractivity contribution is 7.17. The maximum atomic E-state index is 5.25. The molecule has 132 valence electrons. The summed E-state index contributed by atoms with van der Waals surface area (Å²) in [7, 11) is 3.56. The fourth-order valence-corrected chi connectivity index (χ4v) is 3.75. The molecule has 0 aliphatic heterocycles. The van der Waals surface area contributed by atoms with Crippen LogP contribution in [0, 0.1) is 0 Å². The minimum Gasteiger partial charge on any atom is -0.497 e. The van der Waals surface area contributed by atoms with E-state index in [1.54, 1.807) is 35.8 Å². The highest BCUT2D eigenvalue weighted by atomic mass is 32.1. The first-order valence-electron chi connectivity index (χ1n) is 8.19. The zero-order valence-electron chi connectivity index (χ0n) is 14.5. The molecule has 0 saturated carbocycles. The summed E-state index contributed by atoms with van der Waals surface area (Å²) < 4.78 is 7.03. The molecule has 8 heteroatoms. The molecule has 0 saturated heterocycles. The van der Waals surface area contributed by atoms with Crippen molar-refractivity contribution in [3.05, 3.63) is 48.1 Å². The molecule has 4 aromatic rings. The molecule has 1 aromatic carbocycles. The highest BCUT2D eigenvalue weighted by Crippen LogP contribution is 2.36. The first-order chi connectivity index (χ1) is 12.8. The number of fused-ring (bicyclic) bond motifs is 1. The van der Waals surface area contributed by atoms with E-state index in [1.165, 1.54) is 0 Å². The number of aromatic nitrogens is 5. The first kappa shape index (κ1) is 16.5. The van der Waals surface area contributed by atoms with Gasteiger partial charge in [0.2, 0.25) is 0 Å². The van der Waals surface area contributed by atoms with Crippen molar-refractivity contribution in [2.45, 2.75) is 6.42 Å². The van der Waals surface area contributed by atoms with E-state index in [-0.39, 0.29) is 0 Å². The number of rotatable bonds is 6. The summed E-state index contributed by atoms with van der Waals surface area (Å²) in [4.78, 5) is 14.1. The van der Waals surface area contributed by atoms with Crippen LogP contribution in [0.4, 0.5) is 5.82 Å². The van der Waals surface area contributed by atoms with Crippen molar-refractivity contribution in [3.63, 3.8) is 0 Å². The number of hydrogen-bond donors (Lipinski definition) is 1. The van der Waals surface area contributed by atoms with Crippen molar-refractivity contribution in [3.8, 4) is 16.9 Å². The average Bonchev–Trinajstić information content (AvgIpc) is 3.29. The van der Waals surface area contributed by atoms with Crippen molar-refractivity contribution in [1.29, 1.82) is 0 Å². The Bertz CT molecular complexity index is 1020. The van der Waals surface area contributed by atoms with Crippen molar-refractivity contribution < 1.29 is 4.74 Å². The van der Waals surface area contributed by atoms with E-state index in [2.05, 4.69) is 42.9 Å². The molecule has 7 nitrogen and oxygen atoms in total. The molecule has 0 amide bonds. The van der Waals surface area contributed by atoms with Crippen LogP contribution in [0.15, 0.2) is 42.3 Å². The van der Waals surface area contributed by atoms with Crippen LogP contribution < -0.4 is 10.1 Å². The van der Waals surface area contributed by atoms with E-state index < -0.39 is 0 Å². The Labute approximate surface area is 154 Å². The SMILES string of the molecule is COc1ccc(-c2csc3ncnc(NCCc4ncnn4C)c23)cc1. The normalized spacial score (nSPS) is 11.0. The van der Waals surface area contributed by atoms with Crippen LogP contribution in [-0.4, -0.2) is 38.4 Å². The van der Waals surface area contributed by atoms with Crippen LogP contribution in [0.2, 0.25) is 0 Å². The number of thiophene rings is 1. The second-order valence-electron chi connectivity index (χ2n) is 5.76. The molecule has 0 bridgehead atoms. The Kier molecular flexibility index (Phi) is 4.49. The molecule has 26 heavy (non-hydrogen) atoms. The van der Waals surface area contributed by atoms with E-state index in [1.807, 2.05) is 19.2 Å². The lowest BCUT2D eigenvalue weighted by Crippen LogP contribution is -2.10. The van der Waals surface area contributed by atoms with E-state index in [0.29, 0.717) is 0 Å². The molecule has 0 aliphatic rings. The molecular weight excluding hydrogens is 348 g/mol. The fourth-order valence-electron chi connectivity index (χ4n) is 2.83. The van der Waals surface area contributed by atoms with Gasteiger partial charge in [-0.05, 0) is 17.7 Å². The van der Waals surface area contributed by atoms with Gasteiger partial charge in [0.05, 0.1) is 12.5 Å². The lowest BCUT2D eigenvalue weighted by molar-refractivity contribution is 0.415.